The summed E-state index contributed by atoms with van der Waals surface area (Å²) in [7, 11) is -3.48. The second kappa shape index (κ2) is 6.12. The molecule has 0 radical (unpaired) electrons. The van der Waals surface area contributed by atoms with Gasteiger partial charge < -0.3 is 0 Å². The molecule has 2 aromatic rings. The van der Waals surface area contributed by atoms with Gasteiger partial charge in [-0.2, -0.15) is 4.31 Å². The Balaban J connectivity index is 1.79. The zero-order valence-corrected chi connectivity index (χ0v) is 14.9. The van der Waals surface area contributed by atoms with Crippen molar-refractivity contribution in [1.29, 1.82) is 0 Å². The Bertz CT molecular complexity index is 857. The van der Waals surface area contributed by atoms with E-state index in [0.717, 1.165) is 29.3 Å². The first kappa shape index (κ1) is 16.0. The largest absolute Gasteiger partial charge is 0.256 e. The van der Waals surface area contributed by atoms with E-state index >= 15 is 0 Å². The number of rotatable bonds is 3. The first-order valence-corrected chi connectivity index (χ1v) is 10.4. The Morgan fingerprint density at radius 1 is 1.08 bits per heavy atom. The second-order valence-corrected chi connectivity index (χ2v) is 9.01. The van der Waals surface area contributed by atoms with Gasteiger partial charge in [0, 0.05) is 24.2 Å². The van der Waals surface area contributed by atoms with Crippen LogP contribution in [0.25, 0.3) is 10.9 Å². The minimum atomic E-state index is -3.48. The molecule has 1 aliphatic carbocycles. The number of hydrogen-bond donors (Lipinski definition) is 0. The summed E-state index contributed by atoms with van der Waals surface area (Å²) in [5, 5.41) is 0.745. The SMILES string of the molecule is Cc1ccc(S(=O)(=O)N2CCC[C@@H]2C2CCCC2)c2cccnc12. The number of sulfonamides is 1. The molecule has 2 fully saturated rings. The molecule has 4 nitrogen and oxygen atoms in total. The van der Waals surface area contributed by atoms with Crippen LogP contribution in [0.2, 0.25) is 0 Å². The van der Waals surface area contributed by atoms with Gasteiger partial charge in [0.25, 0.3) is 0 Å². The number of fused-ring (bicyclic) bond motifs is 1. The maximum Gasteiger partial charge on any atom is 0.244 e. The zero-order chi connectivity index (χ0) is 16.7. The third-order valence-electron chi connectivity index (χ3n) is 5.71. The Morgan fingerprint density at radius 3 is 2.67 bits per heavy atom. The summed E-state index contributed by atoms with van der Waals surface area (Å²) in [6.07, 6.45) is 8.54. The molecule has 128 valence electrons. The molecular weight excluding hydrogens is 320 g/mol. The highest BCUT2D eigenvalue weighted by Crippen LogP contribution is 2.39. The van der Waals surface area contributed by atoms with E-state index in [4.69, 9.17) is 0 Å². The molecular formula is C19H24N2O2S. The molecule has 1 aromatic heterocycles. The molecule has 1 aromatic carbocycles. The molecule has 0 bridgehead atoms. The van der Waals surface area contributed by atoms with Crippen molar-refractivity contribution >= 4 is 20.9 Å². The van der Waals surface area contributed by atoms with Gasteiger partial charge in [0.15, 0.2) is 0 Å². The van der Waals surface area contributed by atoms with Crippen LogP contribution in [-0.4, -0.2) is 30.3 Å². The van der Waals surface area contributed by atoms with Crippen molar-refractivity contribution in [3.63, 3.8) is 0 Å². The molecule has 1 saturated heterocycles. The average molecular weight is 344 g/mol. The topological polar surface area (TPSA) is 50.3 Å². The van der Waals surface area contributed by atoms with Crippen LogP contribution in [0.3, 0.4) is 0 Å². The zero-order valence-electron chi connectivity index (χ0n) is 14.1. The van der Waals surface area contributed by atoms with Crippen LogP contribution in [0.5, 0.6) is 0 Å². The van der Waals surface area contributed by atoms with Gasteiger partial charge in [-0.15, -0.1) is 0 Å². The standard InChI is InChI=1S/C19H24N2O2S/c1-14-10-11-18(16-8-4-12-20-19(14)16)24(22,23)21-13-5-9-17(21)15-6-2-3-7-15/h4,8,10-12,15,17H,2-3,5-7,9,13H2,1H3/t17-/m1/s1. The molecule has 0 unspecified atom stereocenters. The molecule has 1 saturated carbocycles. The van der Waals surface area contributed by atoms with Gasteiger partial charge in [0.2, 0.25) is 10.0 Å². The summed E-state index contributed by atoms with van der Waals surface area (Å²) in [4.78, 5) is 4.81. The van der Waals surface area contributed by atoms with Crippen molar-refractivity contribution in [3.8, 4) is 0 Å². The Hall–Kier alpha value is -1.46. The van der Waals surface area contributed by atoms with E-state index in [1.54, 1.807) is 16.6 Å². The third kappa shape index (κ3) is 2.54. The predicted molar refractivity (Wildman–Crippen MR) is 95.4 cm³/mol. The molecule has 0 amide bonds. The van der Waals surface area contributed by atoms with Gasteiger partial charge in [0.05, 0.1) is 10.4 Å². The van der Waals surface area contributed by atoms with E-state index in [1.807, 2.05) is 25.1 Å². The van der Waals surface area contributed by atoms with Gasteiger partial charge in [-0.3, -0.25) is 4.98 Å². The van der Waals surface area contributed by atoms with Crippen LogP contribution in [-0.2, 0) is 10.0 Å². The van der Waals surface area contributed by atoms with E-state index in [2.05, 4.69) is 4.98 Å². The summed E-state index contributed by atoms with van der Waals surface area (Å²) >= 11 is 0. The third-order valence-corrected chi connectivity index (χ3v) is 7.69. The quantitative estimate of drug-likeness (QED) is 0.849. The highest BCUT2D eigenvalue weighted by Gasteiger charge is 2.40. The van der Waals surface area contributed by atoms with Crippen LogP contribution in [0.15, 0.2) is 35.4 Å². The molecule has 2 heterocycles. The van der Waals surface area contributed by atoms with E-state index in [9.17, 15) is 8.42 Å². The number of nitrogens with zero attached hydrogens (tertiary/aromatic N) is 2. The summed E-state index contributed by atoms with van der Waals surface area (Å²) in [5.74, 6) is 0.539. The first-order chi connectivity index (χ1) is 11.6. The van der Waals surface area contributed by atoms with Gasteiger partial charge in [-0.25, -0.2) is 8.42 Å². The molecule has 24 heavy (non-hydrogen) atoms. The molecule has 4 rings (SSSR count). The number of hydrogen-bond acceptors (Lipinski definition) is 3. The lowest BCUT2D eigenvalue weighted by molar-refractivity contribution is 0.288. The molecule has 0 spiro atoms. The normalized spacial score (nSPS) is 23.3. The lowest BCUT2D eigenvalue weighted by atomic mass is 9.97. The minimum Gasteiger partial charge on any atom is -0.256 e. The number of benzene rings is 1. The minimum absolute atomic E-state index is 0.186. The van der Waals surface area contributed by atoms with E-state index in [-0.39, 0.29) is 6.04 Å². The van der Waals surface area contributed by atoms with Crippen LogP contribution in [0, 0.1) is 12.8 Å². The summed E-state index contributed by atoms with van der Waals surface area (Å²) in [5.41, 5.74) is 1.80. The Kier molecular flexibility index (Phi) is 4.09. The highest BCUT2D eigenvalue weighted by atomic mass is 32.2. The summed E-state index contributed by atoms with van der Waals surface area (Å²) in [6, 6.07) is 7.52. The van der Waals surface area contributed by atoms with Gasteiger partial charge in [-0.1, -0.05) is 18.9 Å². The Labute approximate surface area is 143 Å². The van der Waals surface area contributed by atoms with E-state index in [1.165, 1.54) is 25.7 Å². The average Bonchev–Trinajstić information content (AvgIpc) is 3.26. The molecule has 1 aliphatic heterocycles. The lowest BCUT2D eigenvalue weighted by Crippen LogP contribution is -2.39. The van der Waals surface area contributed by atoms with E-state index < -0.39 is 10.0 Å². The van der Waals surface area contributed by atoms with Crippen molar-refractivity contribution in [2.45, 2.75) is 56.4 Å². The fourth-order valence-corrected chi connectivity index (χ4v) is 6.46. The number of pyridine rings is 1. The van der Waals surface area contributed by atoms with Crippen LogP contribution in [0.1, 0.15) is 44.1 Å². The van der Waals surface area contributed by atoms with Crippen molar-refractivity contribution < 1.29 is 8.42 Å². The van der Waals surface area contributed by atoms with Crippen LogP contribution >= 0.6 is 0 Å². The molecule has 5 heteroatoms. The smallest absolute Gasteiger partial charge is 0.244 e. The molecule has 2 aliphatic rings. The van der Waals surface area contributed by atoms with Gasteiger partial charge >= 0.3 is 0 Å². The summed E-state index contributed by atoms with van der Waals surface area (Å²) in [6.45, 7) is 2.63. The fraction of sp³-hybridized carbons (Fsp3) is 0.526. The summed E-state index contributed by atoms with van der Waals surface area (Å²) < 4.78 is 28.6. The maximum absolute atomic E-state index is 13.4. The highest BCUT2D eigenvalue weighted by molar-refractivity contribution is 7.89. The lowest BCUT2D eigenvalue weighted by Gasteiger charge is -2.29. The monoisotopic (exact) mass is 344 g/mol. The van der Waals surface area contributed by atoms with Gasteiger partial charge in [0.1, 0.15) is 0 Å². The molecule has 1 atom stereocenters. The fourth-order valence-electron chi connectivity index (χ4n) is 4.52. The number of aryl methyl sites for hydroxylation is 1. The molecule has 0 N–H and O–H groups in total. The maximum atomic E-state index is 13.4. The van der Waals surface area contributed by atoms with Crippen molar-refractivity contribution in [1.82, 2.24) is 9.29 Å². The van der Waals surface area contributed by atoms with Crippen LogP contribution < -0.4 is 0 Å². The van der Waals surface area contributed by atoms with E-state index in [0.29, 0.717) is 17.4 Å². The number of aromatic nitrogens is 1. The van der Waals surface area contributed by atoms with Gasteiger partial charge in [-0.05, 0) is 62.3 Å². The first-order valence-electron chi connectivity index (χ1n) is 8.95. The predicted octanol–water partition coefficient (Wildman–Crippen LogP) is 3.89. The second-order valence-electron chi connectivity index (χ2n) is 7.15. The van der Waals surface area contributed by atoms with Crippen molar-refractivity contribution in [2.75, 3.05) is 6.54 Å². The van der Waals surface area contributed by atoms with Crippen molar-refractivity contribution in [3.05, 3.63) is 36.0 Å². The van der Waals surface area contributed by atoms with Crippen LogP contribution in [0.4, 0.5) is 0 Å². The Morgan fingerprint density at radius 2 is 1.88 bits per heavy atom. The van der Waals surface area contributed by atoms with Crippen molar-refractivity contribution in [2.24, 2.45) is 5.92 Å².